The van der Waals surface area contributed by atoms with Crippen LogP contribution in [0.5, 0.6) is 0 Å². The Labute approximate surface area is 151 Å². The number of amides is 1. The van der Waals surface area contributed by atoms with Crippen LogP contribution < -0.4 is 5.32 Å². The van der Waals surface area contributed by atoms with Crippen LogP contribution in [0.25, 0.3) is 0 Å². The lowest BCUT2D eigenvalue weighted by Gasteiger charge is -2.14. The lowest BCUT2D eigenvalue weighted by molar-refractivity contribution is -0.143. The van der Waals surface area contributed by atoms with E-state index in [9.17, 15) is 35.5 Å². The Bertz CT molecular complexity index is 831. The zero-order valence-electron chi connectivity index (χ0n) is 12.9. The molecule has 140 valence electrons. The van der Waals surface area contributed by atoms with Crippen LogP contribution >= 0.6 is 15.9 Å². The summed E-state index contributed by atoms with van der Waals surface area (Å²) < 4.78 is 92.7. The fourth-order valence-corrected chi connectivity index (χ4v) is 2.93. The van der Waals surface area contributed by atoms with E-state index in [1.807, 2.05) is 0 Å². The number of aryl methyl sites for hydroxylation is 1. The summed E-state index contributed by atoms with van der Waals surface area (Å²) in [5, 5.41) is 1.57. The van der Waals surface area contributed by atoms with Gasteiger partial charge in [-0.1, -0.05) is 22.0 Å². The maximum Gasteiger partial charge on any atom is 0.422 e. The molecule has 1 amide bonds. The second-order valence-corrected chi connectivity index (χ2v) is 6.28. The molecule has 0 radical (unpaired) electrons. The van der Waals surface area contributed by atoms with Crippen LogP contribution in [-0.4, -0.2) is 5.91 Å². The number of carbonyl (C=O) groups is 1. The first-order valence-corrected chi connectivity index (χ1v) is 7.70. The van der Waals surface area contributed by atoms with E-state index < -0.39 is 53.0 Å². The third-order valence-electron chi connectivity index (χ3n) is 3.28. The van der Waals surface area contributed by atoms with Gasteiger partial charge in [-0.15, -0.1) is 0 Å². The van der Waals surface area contributed by atoms with Gasteiger partial charge in [0, 0.05) is 4.47 Å². The molecule has 0 bridgehead atoms. The highest BCUT2D eigenvalue weighted by Crippen LogP contribution is 2.38. The van der Waals surface area contributed by atoms with Crippen molar-refractivity contribution in [2.45, 2.75) is 19.5 Å². The third-order valence-corrected chi connectivity index (χ3v) is 3.74. The Hall–Kier alpha value is -2.10. The Balaban J connectivity index is 2.36. The van der Waals surface area contributed by atoms with Gasteiger partial charge >= 0.3 is 6.18 Å². The summed E-state index contributed by atoms with van der Waals surface area (Å²) in [6, 6.07) is 4.82. The molecule has 0 unspecified atom stereocenters. The molecule has 0 heterocycles. The van der Waals surface area contributed by atoms with Gasteiger partial charge in [0.25, 0.3) is 0 Å². The van der Waals surface area contributed by atoms with Crippen molar-refractivity contribution in [2.24, 2.45) is 0 Å². The molecule has 0 aliphatic rings. The van der Waals surface area contributed by atoms with Crippen LogP contribution in [0.2, 0.25) is 0 Å². The summed E-state index contributed by atoms with van der Waals surface area (Å²) in [4.78, 5) is 11.9. The molecule has 0 aromatic heterocycles. The van der Waals surface area contributed by atoms with Gasteiger partial charge in [0.1, 0.15) is 11.3 Å². The maximum absolute atomic E-state index is 13.8. The fraction of sp³-hybridized carbons (Fsp3) is 0.188. The van der Waals surface area contributed by atoms with Crippen molar-refractivity contribution in [1.29, 1.82) is 0 Å². The monoisotopic (exact) mass is 443 g/mol. The molecule has 2 aromatic carbocycles. The largest absolute Gasteiger partial charge is 0.422 e. The van der Waals surface area contributed by atoms with E-state index in [1.54, 1.807) is 24.4 Å². The molecule has 2 rings (SSSR count). The molecule has 26 heavy (non-hydrogen) atoms. The number of nitrogens with one attached hydrogen (secondary N) is 1. The summed E-state index contributed by atoms with van der Waals surface area (Å²) in [7, 11) is 0. The third kappa shape index (κ3) is 4.17. The summed E-state index contributed by atoms with van der Waals surface area (Å²) in [6.45, 7) is 1.71. The molecule has 0 aliphatic carbocycles. The van der Waals surface area contributed by atoms with Gasteiger partial charge in [0.2, 0.25) is 5.91 Å². The van der Waals surface area contributed by atoms with Gasteiger partial charge in [-0.25, -0.2) is 17.6 Å². The van der Waals surface area contributed by atoms with E-state index in [4.69, 9.17) is 0 Å². The smallest absolute Gasteiger partial charge is 0.321 e. The minimum absolute atomic E-state index is 0.406. The lowest BCUT2D eigenvalue weighted by Crippen LogP contribution is -2.21. The standard InChI is InChI=1S/C16H9BrF7NO/c1-6-2-7(4-8(17)3-6)5-9(26)25-15-13(20)11(18)10(16(22,23)24)12(19)14(15)21/h2-4H,5H2,1H3,(H,25,26). The van der Waals surface area contributed by atoms with Crippen molar-refractivity contribution >= 4 is 27.5 Å². The van der Waals surface area contributed by atoms with Gasteiger partial charge in [0.15, 0.2) is 23.3 Å². The highest BCUT2D eigenvalue weighted by atomic mass is 79.9. The molecule has 0 aliphatic heterocycles. The van der Waals surface area contributed by atoms with E-state index in [2.05, 4.69) is 15.9 Å². The van der Waals surface area contributed by atoms with Crippen molar-refractivity contribution in [3.63, 3.8) is 0 Å². The SMILES string of the molecule is Cc1cc(Br)cc(CC(=O)Nc2c(F)c(F)c(C(F)(F)F)c(F)c2F)c1. The van der Waals surface area contributed by atoms with Crippen molar-refractivity contribution in [2.75, 3.05) is 5.32 Å². The lowest BCUT2D eigenvalue weighted by atomic mass is 10.1. The predicted octanol–water partition coefficient (Wildman–Crippen LogP) is 5.51. The van der Waals surface area contributed by atoms with Crippen LogP contribution in [0.1, 0.15) is 16.7 Å². The minimum atomic E-state index is -5.65. The van der Waals surface area contributed by atoms with Crippen molar-refractivity contribution < 1.29 is 35.5 Å². The van der Waals surface area contributed by atoms with Crippen LogP contribution in [0.4, 0.5) is 36.4 Å². The van der Waals surface area contributed by atoms with E-state index in [1.165, 1.54) is 6.07 Å². The molecule has 2 aromatic rings. The molecular weight excluding hydrogens is 435 g/mol. The first-order valence-electron chi connectivity index (χ1n) is 6.91. The fourth-order valence-electron chi connectivity index (χ4n) is 2.27. The Kier molecular flexibility index (Phi) is 5.64. The van der Waals surface area contributed by atoms with Crippen molar-refractivity contribution in [1.82, 2.24) is 0 Å². The van der Waals surface area contributed by atoms with E-state index in [0.29, 0.717) is 10.0 Å². The first kappa shape index (κ1) is 20.2. The number of benzene rings is 2. The topological polar surface area (TPSA) is 29.1 Å². The zero-order valence-corrected chi connectivity index (χ0v) is 14.5. The average Bonchev–Trinajstić information content (AvgIpc) is 2.47. The second kappa shape index (κ2) is 7.26. The van der Waals surface area contributed by atoms with Gasteiger partial charge in [-0.3, -0.25) is 4.79 Å². The predicted molar refractivity (Wildman–Crippen MR) is 82.5 cm³/mol. The van der Waals surface area contributed by atoms with Crippen molar-refractivity contribution in [3.05, 3.63) is 62.6 Å². The zero-order chi connectivity index (χ0) is 19.8. The first-order chi connectivity index (χ1) is 11.9. The van der Waals surface area contributed by atoms with Crippen molar-refractivity contribution in [3.8, 4) is 0 Å². The van der Waals surface area contributed by atoms with E-state index in [0.717, 1.165) is 5.56 Å². The second-order valence-electron chi connectivity index (χ2n) is 5.37. The maximum atomic E-state index is 13.8. The van der Waals surface area contributed by atoms with Gasteiger partial charge in [0.05, 0.1) is 6.42 Å². The number of rotatable bonds is 3. The van der Waals surface area contributed by atoms with Crippen LogP contribution in [0.3, 0.4) is 0 Å². The van der Waals surface area contributed by atoms with Gasteiger partial charge in [-0.2, -0.15) is 13.2 Å². The minimum Gasteiger partial charge on any atom is -0.321 e. The molecule has 0 spiro atoms. The molecule has 1 N–H and O–H groups in total. The quantitative estimate of drug-likeness (QED) is 0.491. The van der Waals surface area contributed by atoms with Gasteiger partial charge < -0.3 is 5.32 Å². The number of alkyl halides is 3. The molecular formula is C16H9BrF7NO. The number of anilines is 1. The van der Waals surface area contributed by atoms with E-state index >= 15 is 0 Å². The normalized spacial score (nSPS) is 11.6. The van der Waals surface area contributed by atoms with Gasteiger partial charge in [-0.05, 0) is 30.2 Å². The van der Waals surface area contributed by atoms with E-state index in [-0.39, 0.29) is 0 Å². The summed E-state index contributed by atoms with van der Waals surface area (Å²) >= 11 is 3.18. The Morgan fingerprint density at radius 2 is 1.54 bits per heavy atom. The number of hydrogen-bond donors (Lipinski definition) is 1. The highest BCUT2D eigenvalue weighted by molar-refractivity contribution is 9.10. The van der Waals surface area contributed by atoms with Crippen LogP contribution in [0.15, 0.2) is 22.7 Å². The summed E-state index contributed by atoms with van der Waals surface area (Å²) in [6.07, 6.45) is -6.07. The number of hydrogen-bond acceptors (Lipinski definition) is 1. The molecule has 2 nitrogen and oxygen atoms in total. The Morgan fingerprint density at radius 1 is 1.00 bits per heavy atom. The number of carbonyl (C=O) groups excluding carboxylic acids is 1. The molecule has 0 saturated heterocycles. The Morgan fingerprint density at radius 3 is 2.00 bits per heavy atom. The van der Waals surface area contributed by atoms with Crippen LogP contribution in [0, 0.1) is 30.2 Å². The highest BCUT2D eigenvalue weighted by Gasteiger charge is 2.42. The molecule has 10 heteroatoms. The molecule has 0 saturated carbocycles. The number of halogens is 8. The molecule has 0 fully saturated rings. The summed E-state index contributed by atoms with van der Waals surface area (Å²) in [5.41, 5.74) is -3.16. The average molecular weight is 444 g/mol. The van der Waals surface area contributed by atoms with Crippen LogP contribution in [-0.2, 0) is 17.4 Å². The molecule has 0 atom stereocenters. The summed E-state index contributed by atoms with van der Waals surface area (Å²) in [5.74, 6) is -11.0.